The summed E-state index contributed by atoms with van der Waals surface area (Å²) in [4.78, 5) is 42.6. The zero-order valence-corrected chi connectivity index (χ0v) is 37.2. The van der Waals surface area contributed by atoms with Crippen LogP contribution in [0.5, 0.6) is 11.6 Å². The summed E-state index contributed by atoms with van der Waals surface area (Å²) in [5, 5.41) is 12.0. The fourth-order valence-electron chi connectivity index (χ4n) is 8.58. The summed E-state index contributed by atoms with van der Waals surface area (Å²) in [6, 6.07) is 18.4. The number of rotatable bonds is 9. The number of aromatic nitrogens is 4. The van der Waals surface area contributed by atoms with E-state index in [1.807, 2.05) is 31.2 Å². The Hall–Kier alpha value is -5.29. The van der Waals surface area contributed by atoms with E-state index in [0.29, 0.717) is 71.0 Å². The molecule has 4 aliphatic rings. The Bertz CT molecular complexity index is 2610. The molecule has 3 aromatic carbocycles. The highest BCUT2D eigenvalue weighted by Gasteiger charge is 2.30. The van der Waals surface area contributed by atoms with Crippen molar-refractivity contribution in [3.8, 4) is 33.2 Å². The lowest BCUT2D eigenvalue weighted by Crippen LogP contribution is -2.46. The van der Waals surface area contributed by atoms with Crippen molar-refractivity contribution in [3.05, 3.63) is 112 Å². The van der Waals surface area contributed by atoms with Gasteiger partial charge in [0, 0.05) is 87.0 Å². The molecular formula is C47H50ClFN8O5S. The summed E-state index contributed by atoms with van der Waals surface area (Å²) in [5.74, 6) is -0.253. The Morgan fingerprint density at radius 3 is 2.57 bits per heavy atom. The molecule has 2 saturated heterocycles. The molecule has 4 aliphatic heterocycles. The number of carbonyl (C=O) groups is 1. The van der Waals surface area contributed by atoms with Gasteiger partial charge in [-0.3, -0.25) is 9.80 Å². The molecule has 6 aromatic rings. The zero-order chi connectivity index (χ0) is 43.6. The van der Waals surface area contributed by atoms with Crippen molar-refractivity contribution in [2.75, 3.05) is 71.0 Å². The van der Waals surface area contributed by atoms with Crippen LogP contribution >= 0.6 is 22.9 Å². The van der Waals surface area contributed by atoms with Crippen molar-refractivity contribution >= 4 is 45.1 Å². The van der Waals surface area contributed by atoms with Crippen LogP contribution in [0.15, 0.2) is 73.2 Å². The Morgan fingerprint density at radius 1 is 0.968 bits per heavy atom. The summed E-state index contributed by atoms with van der Waals surface area (Å²) in [7, 11) is 2.16. The molecule has 63 heavy (non-hydrogen) atoms. The van der Waals surface area contributed by atoms with Gasteiger partial charge in [0.25, 0.3) is 0 Å². The number of aliphatic carboxylic acids is 1. The van der Waals surface area contributed by atoms with E-state index in [1.165, 1.54) is 29.8 Å². The molecule has 328 valence electrons. The number of hydrogen-bond donors (Lipinski definition) is 1. The number of morpholine rings is 1. The van der Waals surface area contributed by atoms with Gasteiger partial charge in [-0.15, -0.1) is 11.3 Å². The number of carboxylic acid groups (broad SMARTS) is 1. The van der Waals surface area contributed by atoms with Crippen LogP contribution in [0.1, 0.15) is 34.9 Å². The van der Waals surface area contributed by atoms with Crippen molar-refractivity contribution in [2.45, 2.75) is 52.1 Å². The smallest absolute Gasteiger partial charge is 0.345 e. The van der Waals surface area contributed by atoms with Crippen LogP contribution in [0.2, 0.25) is 5.02 Å². The standard InChI is InChI=1S/C47H50ClFN8O5S/c1-29-26-60-21-20-57(29)47-50-13-12-36(53-47)27-61-38-11-4-31-22-34(38)23-39(46(58)59)62-44-41-40(43(63-45(41)52-28-51-44)32-5-8-35(49)9-6-32)37-10-7-33(42(48)30(37)2)25-56(24-31)19-18-55-16-14-54(3)15-17-55/h4-13,22,28-29,39H,14-21,23-27H2,1-3H3,(H,58,59)/t29-,39-/m1/s1. The van der Waals surface area contributed by atoms with Gasteiger partial charge >= 0.3 is 5.97 Å². The molecule has 2 atom stereocenters. The first-order valence-electron chi connectivity index (χ1n) is 21.3. The zero-order valence-electron chi connectivity index (χ0n) is 35.6. The molecule has 0 aliphatic carbocycles. The highest BCUT2D eigenvalue weighted by Crippen LogP contribution is 2.49. The highest BCUT2D eigenvalue weighted by molar-refractivity contribution is 7.22. The van der Waals surface area contributed by atoms with Gasteiger partial charge in [0.1, 0.15) is 29.3 Å². The van der Waals surface area contributed by atoms with Gasteiger partial charge < -0.3 is 29.1 Å². The average molecular weight is 893 g/mol. The number of ether oxygens (including phenoxy) is 3. The number of halogens is 2. The number of hydrogen-bond acceptors (Lipinski definition) is 13. The van der Waals surface area contributed by atoms with Crippen molar-refractivity contribution in [1.82, 2.24) is 34.6 Å². The minimum atomic E-state index is -1.36. The van der Waals surface area contributed by atoms with E-state index in [1.54, 1.807) is 18.3 Å². The normalized spacial score (nSPS) is 19.0. The molecule has 1 N–H and O–H groups in total. The molecule has 4 bridgehead atoms. The molecular weight excluding hydrogens is 843 g/mol. The topological polar surface area (TPSA) is 130 Å². The number of fused-ring (bicyclic) bond motifs is 6. The van der Waals surface area contributed by atoms with Gasteiger partial charge in [-0.05, 0) is 78.5 Å². The van der Waals surface area contributed by atoms with Crippen LogP contribution in [-0.2, 0) is 35.6 Å². The minimum Gasteiger partial charge on any atom is -0.487 e. The van der Waals surface area contributed by atoms with Gasteiger partial charge in [-0.25, -0.2) is 29.1 Å². The maximum atomic E-state index is 14.3. The third-order valence-corrected chi connectivity index (χ3v) is 13.9. The van der Waals surface area contributed by atoms with E-state index in [0.717, 1.165) is 77.5 Å². The van der Waals surface area contributed by atoms with Crippen molar-refractivity contribution in [3.63, 3.8) is 0 Å². The Morgan fingerprint density at radius 2 is 1.78 bits per heavy atom. The Balaban J connectivity index is 1.13. The van der Waals surface area contributed by atoms with Crippen molar-refractivity contribution in [1.29, 1.82) is 0 Å². The number of anilines is 1. The van der Waals surface area contributed by atoms with Crippen LogP contribution in [0.4, 0.5) is 10.3 Å². The summed E-state index contributed by atoms with van der Waals surface area (Å²) in [6.45, 7) is 13.0. The van der Waals surface area contributed by atoms with Crippen LogP contribution in [-0.4, -0.2) is 124 Å². The van der Waals surface area contributed by atoms with Crippen LogP contribution in [0.3, 0.4) is 0 Å². The fourth-order valence-corrected chi connectivity index (χ4v) is 9.96. The molecule has 10 rings (SSSR count). The third kappa shape index (κ3) is 9.49. The maximum Gasteiger partial charge on any atom is 0.345 e. The van der Waals surface area contributed by atoms with Gasteiger partial charge in [-0.2, -0.15) is 0 Å². The Labute approximate surface area is 375 Å². The lowest BCUT2D eigenvalue weighted by atomic mass is 9.94. The summed E-state index contributed by atoms with van der Waals surface area (Å²) in [5.41, 5.74) is 6.54. The van der Waals surface area contributed by atoms with Crippen LogP contribution < -0.4 is 14.4 Å². The van der Waals surface area contributed by atoms with E-state index < -0.39 is 12.1 Å². The second-order valence-electron chi connectivity index (χ2n) is 16.6. The summed E-state index contributed by atoms with van der Waals surface area (Å²) >= 11 is 8.78. The maximum absolute atomic E-state index is 14.3. The number of thiophene rings is 1. The molecule has 0 amide bonds. The van der Waals surface area contributed by atoms with Gasteiger partial charge in [-0.1, -0.05) is 48.0 Å². The monoisotopic (exact) mass is 892 g/mol. The molecule has 7 heterocycles. The molecule has 0 spiro atoms. The lowest BCUT2D eigenvalue weighted by molar-refractivity contribution is -0.145. The van der Waals surface area contributed by atoms with E-state index >= 15 is 0 Å². The van der Waals surface area contributed by atoms with E-state index in [-0.39, 0.29) is 30.8 Å². The largest absolute Gasteiger partial charge is 0.487 e. The quantitative estimate of drug-likeness (QED) is 0.155. The Kier molecular flexibility index (Phi) is 12.8. The van der Waals surface area contributed by atoms with E-state index in [9.17, 15) is 14.3 Å². The molecule has 0 unspecified atom stereocenters. The number of piperazine rings is 1. The number of carboxylic acids is 1. The molecule has 0 saturated carbocycles. The lowest BCUT2D eigenvalue weighted by Gasteiger charge is -2.34. The molecule has 3 aromatic heterocycles. The average Bonchev–Trinajstić information content (AvgIpc) is 3.67. The molecule has 0 radical (unpaired) electrons. The van der Waals surface area contributed by atoms with Gasteiger partial charge in [0.15, 0.2) is 0 Å². The second kappa shape index (κ2) is 18.8. The second-order valence-corrected chi connectivity index (χ2v) is 18.0. The number of benzene rings is 3. The SMILES string of the molecule is Cc1c2ccc(c1Cl)CN(CCN1CCN(C)CC1)Cc1ccc(OCc3ccnc(N4CCOC[C@H]4C)n3)c(c1)C[C@H](C(=O)O)Oc1ncnc3sc(-c4ccc(F)cc4)c-2c13. The van der Waals surface area contributed by atoms with Crippen molar-refractivity contribution < 1.29 is 28.5 Å². The predicted molar refractivity (Wildman–Crippen MR) is 242 cm³/mol. The minimum absolute atomic E-state index is 0.0193. The van der Waals surface area contributed by atoms with Gasteiger partial charge in [0.2, 0.25) is 17.9 Å². The summed E-state index contributed by atoms with van der Waals surface area (Å²) < 4.78 is 32.9. The predicted octanol–water partition coefficient (Wildman–Crippen LogP) is 7.36. The first-order valence-corrected chi connectivity index (χ1v) is 22.5. The first kappa shape index (κ1) is 43.0. The fraction of sp³-hybridized carbons (Fsp3) is 0.383. The van der Waals surface area contributed by atoms with E-state index in [2.05, 4.69) is 60.7 Å². The van der Waals surface area contributed by atoms with Crippen LogP contribution in [0, 0.1) is 12.7 Å². The van der Waals surface area contributed by atoms with Crippen LogP contribution in [0.25, 0.3) is 31.8 Å². The molecule has 13 nitrogen and oxygen atoms in total. The third-order valence-electron chi connectivity index (χ3n) is 12.2. The summed E-state index contributed by atoms with van der Waals surface area (Å²) in [6.07, 6.45) is 1.74. The van der Waals surface area contributed by atoms with E-state index in [4.69, 9.17) is 30.8 Å². The van der Waals surface area contributed by atoms with Crippen molar-refractivity contribution in [2.24, 2.45) is 0 Å². The highest BCUT2D eigenvalue weighted by atomic mass is 35.5. The molecule has 2 fully saturated rings. The number of nitrogens with zero attached hydrogens (tertiary/aromatic N) is 8. The van der Waals surface area contributed by atoms with Gasteiger partial charge in [0.05, 0.1) is 30.3 Å². The molecule has 16 heteroatoms. The first-order chi connectivity index (χ1) is 30.6. The number of likely N-dealkylation sites (N-methyl/N-ethyl adjacent to an activating group) is 1.